The van der Waals surface area contributed by atoms with Crippen molar-refractivity contribution in [2.24, 2.45) is 13.0 Å². The number of likely N-dealkylation sites (N-methyl/N-ethyl adjacent to an activating group) is 1. The Labute approximate surface area is 187 Å². The van der Waals surface area contributed by atoms with Crippen LogP contribution in [0.3, 0.4) is 0 Å². The van der Waals surface area contributed by atoms with Crippen LogP contribution in [-0.2, 0) is 20.0 Å². The lowest BCUT2D eigenvalue weighted by Crippen LogP contribution is -2.47. The fourth-order valence-corrected chi connectivity index (χ4v) is 5.19. The van der Waals surface area contributed by atoms with Gasteiger partial charge in [0.2, 0.25) is 0 Å². The number of rotatable bonds is 7. The summed E-state index contributed by atoms with van der Waals surface area (Å²) in [6.45, 7) is 2.82. The summed E-state index contributed by atoms with van der Waals surface area (Å²) < 4.78 is 16.3. The highest BCUT2D eigenvalue weighted by Gasteiger charge is 2.32. The van der Waals surface area contributed by atoms with Crippen molar-refractivity contribution in [2.45, 2.75) is 31.8 Å². The summed E-state index contributed by atoms with van der Waals surface area (Å²) >= 11 is 1.52. The van der Waals surface area contributed by atoms with Gasteiger partial charge in [0.25, 0.3) is 5.91 Å². The van der Waals surface area contributed by atoms with Crippen molar-refractivity contribution in [1.82, 2.24) is 19.6 Å². The molecule has 0 bridgehead atoms. The number of halogens is 1. The topological polar surface area (TPSA) is 41.4 Å². The molecule has 3 aromatic rings. The number of nitrogens with zero attached hydrogens (tertiary/aromatic N) is 4. The van der Waals surface area contributed by atoms with Gasteiger partial charge in [0.05, 0.1) is 11.8 Å². The molecule has 0 saturated carbocycles. The molecule has 1 unspecified atom stereocenters. The van der Waals surface area contributed by atoms with Gasteiger partial charge in [-0.3, -0.25) is 14.4 Å². The Kier molecular flexibility index (Phi) is 6.83. The number of aromatic nitrogens is 2. The monoisotopic (exact) mass is 440 g/mol. The van der Waals surface area contributed by atoms with E-state index in [0.29, 0.717) is 23.5 Å². The molecule has 164 valence electrons. The first-order valence-corrected chi connectivity index (χ1v) is 11.7. The number of piperidine rings is 1. The van der Waals surface area contributed by atoms with Crippen LogP contribution in [0.2, 0.25) is 0 Å². The number of thiophene rings is 1. The third kappa shape index (κ3) is 5.22. The summed E-state index contributed by atoms with van der Waals surface area (Å²) in [5.41, 5.74) is 2.60. The van der Waals surface area contributed by atoms with Crippen LogP contribution in [0.4, 0.5) is 4.39 Å². The van der Waals surface area contributed by atoms with Crippen LogP contribution in [-0.4, -0.2) is 51.7 Å². The molecular formula is C24H29FN4OS. The van der Waals surface area contributed by atoms with Gasteiger partial charge >= 0.3 is 0 Å². The standard InChI is InChI=1S/C24H29FN4OS/c1-27-15-18(14-26-27)16-29-10-7-19(8-11-29)23(13-20-5-3-4-6-22(20)25)28(2)24(30)21-9-12-31-17-21/h3-6,9,12,14-15,17,19,23H,7-8,10-11,13,16H2,1-2H3. The van der Waals surface area contributed by atoms with Crippen LogP contribution in [0.25, 0.3) is 0 Å². The van der Waals surface area contributed by atoms with Crippen molar-refractivity contribution in [3.63, 3.8) is 0 Å². The van der Waals surface area contributed by atoms with Crippen LogP contribution in [0.1, 0.15) is 34.3 Å². The summed E-state index contributed by atoms with van der Waals surface area (Å²) in [7, 11) is 3.80. The molecule has 0 radical (unpaired) electrons. The maximum absolute atomic E-state index is 14.4. The number of benzene rings is 1. The smallest absolute Gasteiger partial charge is 0.254 e. The molecule has 3 heterocycles. The minimum atomic E-state index is -0.196. The predicted molar refractivity (Wildman–Crippen MR) is 122 cm³/mol. The van der Waals surface area contributed by atoms with Crippen LogP contribution in [0, 0.1) is 11.7 Å². The Balaban J connectivity index is 1.47. The van der Waals surface area contributed by atoms with Crippen LogP contribution < -0.4 is 0 Å². The lowest BCUT2D eigenvalue weighted by atomic mass is 9.84. The minimum Gasteiger partial charge on any atom is -0.338 e. The molecule has 0 N–H and O–H groups in total. The molecule has 5 nitrogen and oxygen atoms in total. The van der Waals surface area contributed by atoms with Crippen molar-refractivity contribution in [3.8, 4) is 0 Å². The summed E-state index contributed by atoms with van der Waals surface area (Å²) in [4.78, 5) is 17.4. The molecule has 1 aliphatic heterocycles. The van der Waals surface area contributed by atoms with Crippen LogP contribution in [0.5, 0.6) is 0 Å². The zero-order valence-corrected chi connectivity index (χ0v) is 18.9. The van der Waals surface area contributed by atoms with Crippen molar-refractivity contribution in [2.75, 3.05) is 20.1 Å². The van der Waals surface area contributed by atoms with Gasteiger partial charge in [-0.1, -0.05) is 18.2 Å². The summed E-state index contributed by atoms with van der Waals surface area (Å²) in [5, 5.41) is 8.06. The van der Waals surface area contributed by atoms with E-state index in [2.05, 4.69) is 16.2 Å². The highest BCUT2D eigenvalue weighted by molar-refractivity contribution is 7.08. The second kappa shape index (κ2) is 9.75. The van der Waals surface area contributed by atoms with Crippen molar-refractivity contribution < 1.29 is 9.18 Å². The van der Waals surface area contributed by atoms with Gasteiger partial charge in [0.1, 0.15) is 5.82 Å². The largest absolute Gasteiger partial charge is 0.338 e. The number of hydrogen-bond acceptors (Lipinski definition) is 4. The molecule has 2 aromatic heterocycles. The average Bonchev–Trinajstić information content (AvgIpc) is 3.45. The van der Waals surface area contributed by atoms with Crippen LogP contribution >= 0.6 is 11.3 Å². The molecular weight excluding hydrogens is 411 g/mol. The van der Waals surface area contributed by atoms with Gasteiger partial charge in [-0.2, -0.15) is 16.4 Å². The number of hydrogen-bond donors (Lipinski definition) is 0. The van der Waals surface area contributed by atoms with Gasteiger partial charge < -0.3 is 4.90 Å². The normalized spacial score (nSPS) is 16.4. The van der Waals surface area contributed by atoms with E-state index in [0.717, 1.165) is 32.5 Å². The lowest BCUT2D eigenvalue weighted by molar-refractivity contribution is 0.0584. The third-order valence-electron chi connectivity index (χ3n) is 6.31. The molecule has 1 atom stereocenters. The van der Waals surface area contributed by atoms with E-state index in [-0.39, 0.29) is 17.8 Å². The van der Waals surface area contributed by atoms with Crippen molar-refractivity contribution in [1.29, 1.82) is 0 Å². The highest BCUT2D eigenvalue weighted by atomic mass is 32.1. The van der Waals surface area contributed by atoms with Gasteiger partial charge in [-0.05, 0) is 61.3 Å². The first kappa shape index (κ1) is 21.7. The molecule has 4 rings (SSSR count). The van der Waals surface area contributed by atoms with Gasteiger partial charge in [-0.15, -0.1) is 0 Å². The van der Waals surface area contributed by atoms with E-state index >= 15 is 0 Å². The Bertz CT molecular complexity index is 995. The molecule has 1 fully saturated rings. The minimum absolute atomic E-state index is 0.0142. The third-order valence-corrected chi connectivity index (χ3v) is 7.00. The Morgan fingerprint density at radius 2 is 2.06 bits per heavy atom. The quantitative estimate of drug-likeness (QED) is 0.553. The Morgan fingerprint density at radius 1 is 1.29 bits per heavy atom. The van der Waals surface area contributed by atoms with E-state index in [1.54, 1.807) is 6.07 Å². The molecule has 1 aliphatic rings. The second-order valence-electron chi connectivity index (χ2n) is 8.43. The van der Waals surface area contributed by atoms with E-state index in [4.69, 9.17) is 0 Å². The molecule has 7 heteroatoms. The highest BCUT2D eigenvalue weighted by Crippen LogP contribution is 2.29. The molecule has 0 spiro atoms. The Hall–Kier alpha value is -2.51. The van der Waals surface area contributed by atoms with E-state index < -0.39 is 0 Å². The fourth-order valence-electron chi connectivity index (χ4n) is 4.56. The zero-order valence-electron chi connectivity index (χ0n) is 18.1. The van der Waals surface area contributed by atoms with E-state index in [9.17, 15) is 9.18 Å². The molecule has 1 aromatic carbocycles. The first-order valence-electron chi connectivity index (χ1n) is 10.7. The predicted octanol–water partition coefficient (Wildman–Crippen LogP) is 4.22. The van der Waals surface area contributed by atoms with Crippen LogP contribution in [0.15, 0.2) is 53.5 Å². The maximum atomic E-state index is 14.4. The molecule has 0 aliphatic carbocycles. The number of amides is 1. The molecule has 1 saturated heterocycles. The van der Waals surface area contributed by atoms with Crippen molar-refractivity contribution >= 4 is 17.2 Å². The van der Waals surface area contributed by atoms with Gasteiger partial charge in [0, 0.05) is 43.8 Å². The van der Waals surface area contributed by atoms with E-state index in [1.165, 1.54) is 23.0 Å². The molecule has 1 amide bonds. The number of aryl methyl sites for hydroxylation is 1. The zero-order chi connectivity index (χ0) is 21.8. The summed E-state index contributed by atoms with van der Waals surface area (Å²) in [6, 6.07) is 8.74. The van der Waals surface area contributed by atoms with Crippen molar-refractivity contribution in [3.05, 3.63) is 76.0 Å². The SMILES string of the molecule is CN(C(=O)c1ccsc1)C(Cc1ccccc1F)C1CCN(Cc2cnn(C)c2)CC1. The first-order chi connectivity index (χ1) is 15.0. The fraction of sp³-hybridized carbons (Fsp3) is 0.417. The second-order valence-corrected chi connectivity index (χ2v) is 9.21. The maximum Gasteiger partial charge on any atom is 0.254 e. The van der Waals surface area contributed by atoms with E-state index in [1.807, 2.05) is 58.8 Å². The summed E-state index contributed by atoms with van der Waals surface area (Å²) in [5.74, 6) is 0.149. The summed E-state index contributed by atoms with van der Waals surface area (Å²) in [6.07, 6.45) is 6.48. The van der Waals surface area contributed by atoms with Gasteiger partial charge in [-0.25, -0.2) is 4.39 Å². The lowest BCUT2D eigenvalue weighted by Gasteiger charge is -2.40. The van der Waals surface area contributed by atoms with Gasteiger partial charge in [0.15, 0.2) is 0 Å². The Morgan fingerprint density at radius 3 is 2.71 bits per heavy atom. The average molecular weight is 441 g/mol. The molecule has 31 heavy (non-hydrogen) atoms. The number of carbonyl (C=O) groups is 1. The number of likely N-dealkylation sites (tertiary alicyclic amines) is 1. The number of carbonyl (C=O) groups excluding carboxylic acids is 1.